The predicted octanol–water partition coefficient (Wildman–Crippen LogP) is 3.18. The lowest BCUT2D eigenvalue weighted by Gasteiger charge is -2.19. The number of aromatic nitrogens is 2. The van der Waals surface area contributed by atoms with Crippen LogP contribution < -0.4 is 10.9 Å². The van der Waals surface area contributed by atoms with Crippen LogP contribution in [0.4, 0.5) is 10.1 Å². The number of fused-ring (bicyclic) bond motifs is 1. The molecule has 1 heterocycles. The molecule has 0 saturated carbocycles. The number of rotatable bonds is 6. The lowest BCUT2D eigenvalue weighted by atomic mass is 10.2. The Morgan fingerprint density at radius 1 is 1.30 bits per heavy atom. The maximum Gasteiger partial charge on any atom is 0.258 e. The van der Waals surface area contributed by atoms with Gasteiger partial charge in [-0.3, -0.25) is 14.5 Å². The van der Waals surface area contributed by atoms with Gasteiger partial charge < -0.3 is 10.3 Å². The molecular weight excluding hydrogens is 371 g/mol. The van der Waals surface area contributed by atoms with Crippen molar-refractivity contribution in [2.24, 2.45) is 0 Å². The SMILES string of the molecule is CCN(CC(=O)Nc1ccc(Cl)cc1F)Cc1nc2ccccc2c(=O)[nH]1. The molecule has 0 bridgehead atoms. The standard InChI is InChI=1S/C19H18ClFN4O2/c1-2-25(11-18(26)23-16-8-7-12(20)9-14(16)21)10-17-22-15-6-4-3-5-13(15)19(27)24-17/h3-9H,2,10-11H2,1H3,(H,23,26)(H,22,24,27). The van der Waals surface area contributed by atoms with Crippen LogP contribution in [0.15, 0.2) is 47.3 Å². The average Bonchev–Trinajstić information content (AvgIpc) is 2.63. The van der Waals surface area contributed by atoms with Crippen molar-refractivity contribution in [3.05, 3.63) is 69.5 Å². The van der Waals surface area contributed by atoms with Gasteiger partial charge in [-0.05, 0) is 36.9 Å². The van der Waals surface area contributed by atoms with Gasteiger partial charge >= 0.3 is 0 Å². The van der Waals surface area contributed by atoms with Gasteiger partial charge in [-0.1, -0.05) is 30.7 Å². The van der Waals surface area contributed by atoms with Crippen molar-refractivity contribution in [1.82, 2.24) is 14.9 Å². The zero-order valence-corrected chi connectivity index (χ0v) is 15.4. The number of nitrogens with one attached hydrogen (secondary N) is 2. The van der Waals surface area contributed by atoms with Crippen LogP contribution in [0.2, 0.25) is 5.02 Å². The fraction of sp³-hybridized carbons (Fsp3) is 0.211. The molecule has 1 amide bonds. The number of carbonyl (C=O) groups excluding carboxylic acids is 1. The van der Waals surface area contributed by atoms with Gasteiger partial charge in [-0.25, -0.2) is 9.37 Å². The summed E-state index contributed by atoms with van der Waals surface area (Å²) in [5.41, 5.74) is 0.442. The highest BCUT2D eigenvalue weighted by Gasteiger charge is 2.14. The van der Waals surface area contributed by atoms with Gasteiger partial charge in [0, 0.05) is 5.02 Å². The minimum absolute atomic E-state index is 0.0229. The fourth-order valence-electron chi connectivity index (χ4n) is 2.68. The molecule has 0 atom stereocenters. The van der Waals surface area contributed by atoms with Crippen molar-refractivity contribution in [2.75, 3.05) is 18.4 Å². The van der Waals surface area contributed by atoms with Crippen molar-refractivity contribution in [3.63, 3.8) is 0 Å². The van der Waals surface area contributed by atoms with Crippen LogP contribution in [-0.2, 0) is 11.3 Å². The third-order valence-corrected chi connectivity index (χ3v) is 4.29. The van der Waals surface area contributed by atoms with Gasteiger partial charge in [-0.15, -0.1) is 0 Å². The van der Waals surface area contributed by atoms with E-state index < -0.39 is 5.82 Å². The maximum absolute atomic E-state index is 13.8. The topological polar surface area (TPSA) is 78.1 Å². The summed E-state index contributed by atoms with van der Waals surface area (Å²) in [6.07, 6.45) is 0. The molecule has 0 aliphatic carbocycles. The molecule has 0 aliphatic rings. The van der Waals surface area contributed by atoms with Crippen LogP contribution in [0.5, 0.6) is 0 Å². The molecule has 3 rings (SSSR count). The molecule has 0 radical (unpaired) electrons. The first kappa shape index (κ1) is 19.0. The molecule has 6 nitrogen and oxygen atoms in total. The van der Waals surface area contributed by atoms with E-state index in [1.165, 1.54) is 12.1 Å². The third kappa shape index (κ3) is 4.69. The third-order valence-electron chi connectivity index (χ3n) is 4.05. The fourth-order valence-corrected chi connectivity index (χ4v) is 2.84. The Bertz CT molecular complexity index is 1040. The number of aromatic amines is 1. The zero-order chi connectivity index (χ0) is 19.4. The van der Waals surface area contributed by atoms with Gasteiger partial charge in [-0.2, -0.15) is 0 Å². The molecule has 0 aliphatic heterocycles. The number of anilines is 1. The van der Waals surface area contributed by atoms with Crippen LogP contribution in [0, 0.1) is 5.82 Å². The number of carbonyl (C=O) groups is 1. The number of hydrogen-bond acceptors (Lipinski definition) is 4. The van der Waals surface area contributed by atoms with Gasteiger partial charge in [0.2, 0.25) is 5.91 Å². The molecule has 1 aromatic heterocycles. The molecule has 0 saturated heterocycles. The Morgan fingerprint density at radius 3 is 2.81 bits per heavy atom. The quantitative estimate of drug-likeness (QED) is 0.679. The summed E-state index contributed by atoms with van der Waals surface area (Å²) in [5, 5.41) is 3.29. The Balaban J connectivity index is 1.70. The van der Waals surface area contributed by atoms with Crippen LogP contribution in [-0.4, -0.2) is 33.9 Å². The highest BCUT2D eigenvalue weighted by molar-refractivity contribution is 6.30. The number of hydrogen-bond donors (Lipinski definition) is 2. The number of nitrogens with zero attached hydrogens (tertiary/aromatic N) is 2. The number of likely N-dealkylation sites (N-methyl/N-ethyl adjacent to an activating group) is 1. The van der Waals surface area contributed by atoms with Gasteiger partial charge in [0.05, 0.1) is 29.7 Å². The zero-order valence-electron chi connectivity index (χ0n) is 14.6. The molecule has 2 N–H and O–H groups in total. The van der Waals surface area contributed by atoms with Crippen molar-refractivity contribution >= 4 is 34.1 Å². The molecular formula is C19H18ClFN4O2. The van der Waals surface area contributed by atoms with E-state index >= 15 is 0 Å². The van der Waals surface area contributed by atoms with E-state index in [9.17, 15) is 14.0 Å². The van der Waals surface area contributed by atoms with E-state index in [1.807, 2.05) is 13.0 Å². The first-order chi connectivity index (χ1) is 13.0. The summed E-state index contributed by atoms with van der Waals surface area (Å²) >= 11 is 5.71. The van der Waals surface area contributed by atoms with E-state index in [4.69, 9.17) is 11.6 Å². The van der Waals surface area contributed by atoms with Gasteiger partial charge in [0.1, 0.15) is 11.6 Å². The van der Waals surface area contributed by atoms with E-state index in [2.05, 4.69) is 15.3 Å². The normalized spacial score (nSPS) is 11.1. The smallest absolute Gasteiger partial charge is 0.258 e. The summed E-state index contributed by atoms with van der Waals surface area (Å²) in [5.74, 6) is -0.508. The number of H-pyrrole nitrogens is 1. The predicted molar refractivity (Wildman–Crippen MR) is 103 cm³/mol. The van der Waals surface area contributed by atoms with Gasteiger partial charge in [0.15, 0.2) is 0 Å². The second-order valence-corrected chi connectivity index (χ2v) is 6.44. The Hall–Kier alpha value is -2.77. The number of benzene rings is 2. The average molecular weight is 389 g/mol. The Morgan fingerprint density at radius 2 is 2.07 bits per heavy atom. The first-order valence-electron chi connectivity index (χ1n) is 8.41. The largest absolute Gasteiger partial charge is 0.322 e. The summed E-state index contributed by atoms with van der Waals surface area (Å²) in [4.78, 5) is 33.4. The molecule has 8 heteroatoms. The summed E-state index contributed by atoms with van der Waals surface area (Å²) < 4.78 is 13.8. The highest BCUT2D eigenvalue weighted by atomic mass is 35.5. The Labute approximate surface area is 160 Å². The summed E-state index contributed by atoms with van der Waals surface area (Å²) in [7, 11) is 0. The maximum atomic E-state index is 13.8. The van der Waals surface area contributed by atoms with E-state index in [0.717, 1.165) is 6.07 Å². The number of halogens is 2. The summed E-state index contributed by atoms with van der Waals surface area (Å²) in [6.45, 7) is 2.74. The van der Waals surface area contributed by atoms with Crippen LogP contribution >= 0.6 is 11.6 Å². The van der Waals surface area contributed by atoms with Crippen molar-refractivity contribution in [2.45, 2.75) is 13.5 Å². The lowest BCUT2D eigenvalue weighted by Crippen LogP contribution is -2.34. The van der Waals surface area contributed by atoms with E-state index in [0.29, 0.717) is 23.3 Å². The van der Waals surface area contributed by atoms with Crippen molar-refractivity contribution in [3.8, 4) is 0 Å². The number of amides is 1. The van der Waals surface area contributed by atoms with E-state index in [1.54, 1.807) is 23.1 Å². The van der Waals surface area contributed by atoms with Crippen molar-refractivity contribution in [1.29, 1.82) is 0 Å². The second-order valence-electron chi connectivity index (χ2n) is 6.01. The van der Waals surface area contributed by atoms with Crippen LogP contribution in [0.25, 0.3) is 10.9 Å². The molecule has 140 valence electrons. The molecule has 0 spiro atoms. The summed E-state index contributed by atoms with van der Waals surface area (Å²) in [6, 6.07) is 11.1. The van der Waals surface area contributed by atoms with Crippen LogP contribution in [0.3, 0.4) is 0 Å². The second kappa shape index (κ2) is 8.28. The number of para-hydroxylation sites is 1. The molecule has 3 aromatic rings. The van der Waals surface area contributed by atoms with Gasteiger partial charge in [0.25, 0.3) is 5.56 Å². The molecule has 27 heavy (non-hydrogen) atoms. The first-order valence-corrected chi connectivity index (χ1v) is 8.79. The monoisotopic (exact) mass is 388 g/mol. The highest BCUT2D eigenvalue weighted by Crippen LogP contribution is 2.18. The molecule has 0 unspecified atom stereocenters. The van der Waals surface area contributed by atoms with Crippen molar-refractivity contribution < 1.29 is 9.18 Å². The molecule has 0 fully saturated rings. The molecule has 2 aromatic carbocycles. The Kier molecular flexibility index (Phi) is 5.83. The minimum Gasteiger partial charge on any atom is -0.322 e. The van der Waals surface area contributed by atoms with E-state index in [-0.39, 0.29) is 35.3 Å². The van der Waals surface area contributed by atoms with Crippen LogP contribution in [0.1, 0.15) is 12.7 Å². The minimum atomic E-state index is -0.598. The lowest BCUT2D eigenvalue weighted by molar-refractivity contribution is -0.117.